The summed E-state index contributed by atoms with van der Waals surface area (Å²) in [5, 5.41) is 3.32. The number of benzene rings is 2. The van der Waals surface area contributed by atoms with Gasteiger partial charge in [-0.25, -0.2) is 4.98 Å². The highest BCUT2D eigenvalue weighted by molar-refractivity contribution is 7.22. The second-order valence-electron chi connectivity index (χ2n) is 4.82. The number of rotatable bonds is 5. The van der Waals surface area contributed by atoms with E-state index in [9.17, 15) is 9.59 Å². The van der Waals surface area contributed by atoms with Crippen LogP contribution in [0.2, 0.25) is 0 Å². The molecule has 0 fully saturated rings. The summed E-state index contributed by atoms with van der Waals surface area (Å²) in [6.45, 7) is 0. The molecule has 3 aromatic rings. The predicted octanol–water partition coefficient (Wildman–Crippen LogP) is 3.90. The first-order valence-corrected chi connectivity index (χ1v) is 7.78. The van der Waals surface area contributed by atoms with Crippen molar-refractivity contribution < 1.29 is 9.59 Å². The summed E-state index contributed by atoms with van der Waals surface area (Å²) in [5.74, 6) is -0.219. The maximum Gasteiger partial charge on any atom is 0.226 e. The molecule has 3 rings (SSSR count). The molecule has 0 aliphatic rings. The molecule has 0 saturated heterocycles. The zero-order valence-corrected chi connectivity index (χ0v) is 12.6. The quantitative estimate of drug-likeness (QED) is 0.727. The Morgan fingerprint density at radius 1 is 0.955 bits per heavy atom. The number of anilines is 1. The van der Waals surface area contributed by atoms with Gasteiger partial charge in [0.05, 0.1) is 10.2 Å². The minimum absolute atomic E-state index is 0.0277. The van der Waals surface area contributed by atoms with Crippen LogP contribution in [-0.2, 0) is 4.79 Å². The number of amides is 1. The van der Waals surface area contributed by atoms with Crippen LogP contribution in [0.5, 0.6) is 0 Å². The van der Waals surface area contributed by atoms with Gasteiger partial charge in [-0.3, -0.25) is 9.59 Å². The molecule has 110 valence electrons. The van der Waals surface area contributed by atoms with Crippen LogP contribution in [0.15, 0.2) is 54.6 Å². The van der Waals surface area contributed by atoms with Gasteiger partial charge in [-0.2, -0.15) is 0 Å². The van der Waals surface area contributed by atoms with E-state index in [-0.39, 0.29) is 24.5 Å². The van der Waals surface area contributed by atoms with Crippen molar-refractivity contribution in [1.29, 1.82) is 0 Å². The van der Waals surface area contributed by atoms with E-state index in [1.807, 2.05) is 42.5 Å². The number of fused-ring (bicyclic) bond motifs is 1. The molecular weight excluding hydrogens is 296 g/mol. The van der Waals surface area contributed by atoms with Crippen molar-refractivity contribution in [1.82, 2.24) is 4.98 Å². The Balaban J connectivity index is 1.57. The number of para-hydroxylation sites is 1. The van der Waals surface area contributed by atoms with Gasteiger partial charge in [-0.15, -0.1) is 0 Å². The first-order chi connectivity index (χ1) is 10.7. The largest absolute Gasteiger partial charge is 0.302 e. The Bertz CT molecular complexity index is 779. The predicted molar refractivity (Wildman–Crippen MR) is 88.3 cm³/mol. The van der Waals surface area contributed by atoms with Crippen molar-refractivity contribution in [2.24, 2.45) is 0 Å². The van der Waals surface area contributed by atoms with E-state index in [1.165, 1.54) is 11.3 Å². The van der Waals surface area contributed by atoms with Crippen LogP contribution in [0.1, 0.15) is 23.2 Å². The summed E-state index contributed by atoms with van der Waals surface area (Å²) in [6.07, 6.45) is 0.352. The van der Waals surface area contributed by atoms with Crippen molar-refractivity contribution in [2.45, 2.75) is 12.8 Å². The summed E-state index contributed by atoms with van der Waals surface area (Å²) in [7, 11) is 0. The van der Waals surface area contributed by atoms with Crippen LogP contribution in [-0.4, -0.2) is 16.7 Å². The lowest BCUT2D eigenvalue weighted by molar-refractivity contribution is -0.116. The Morgan fingerprint density at radius 3 is 2.45 bits per heavy atom. The minimum atomic E-state index is -0.191. The molecule has 0 saturated carbocycles. The second-order valence-corrected chi connectivity index (χ2v) is 5.85. The van der Waals surface area contributed by atoms with Gasteiger partial charge in [0.1, 0.15) is 0 Å². The molecule has 0 aliphatic carbocycles. The number of aromatic nitrogens is 1. The number of Topliss-reactive ketones (excluding diaryl/α,β-unsaturated/α-hetero) is 1. The normalized spacial score (nSPS) is 10.5. The van der Waals surface area contributed by atoms with Crippen molar-refractivity contribution >= 4 is 38.4 Å². The number of ketones is 1. The molecule has 0 aliphatic heterocycles. The van der Waals surface area contributed by atoms with Gasteiger partial charge >= 0.3 is 0 Å². The number of carbonyl (C=O) groups is 2. The first-order valence-electron chi connectivity index (χ1n) is 6.96. The third-order valence-electron chi connectivity index (χ3n) is 3.22. The van der Waals surface area contributed by atoms with Gasteiger partial charge in [-0.05, 0) is 12.1 Å². The van der Waals surface area contributed by atoms with Crippen LogP contribution in [0.4, 0.5) is 5.13 Å². The fourth-order valence-electron chi connectivity index (χ4n) is 2.10. The van der Waals surface area contributed by atoms with E-state index >= 15 is 0 Å². The van der Waals surface area contributed by atoms with Crippen LogP contribution in [0.3, 0.4) is 0 Å². The van der Waals surface area contributed by atoms with E-state index in [2.05, 4.69) is 10.3 Å². The molecule has 2 aromatic carbocycles. The zero-order valence-electron chi connectivity index (χ0n) is 11.8. The van der Waals surface area contributed by atoms with E-state index in [0.717, 1.165) is 10.2 Å². The average Bonchev–Trinajstić information content (AvgIpc) is 2.95. The van der Waals surface area contributed by atoms with Crippen molar-refractivity contribution in [3.63, 3.8) is 0 Å². The molecule has 0 atom stereocenters. The molecule has 1 heterocycles. The van der Waals surface area contributed by atoms with Crippen LogP contribution < -0.4 is 5.32 Å². The van der Waals surface area contributed by atoms with E-state index in [1.54, 1.807) is 12.1 Å². The van der Waals surface area contributed by atoms with Gasteiger partial charge in [0.25, 0.3) is 0 Å². The van der Waals surface area contributed by atoms with Gasteiger partial charge in [-0.1, -0.05) is 53.8 Å². The molecule has 0 bridgehead atoms. The lowest BCUT2D eigenvalue weighted by Gasteiger charge is -2.01. The van der Waals surface area contributed by atoms with Crippen LogP contribution >= 0.6 is 11.3 Å². The fraction of sp³-hybridized carbons (Fsp3) is 0.118. The van der Waals surface area contributed by atoms with Gasteiger partial charge in [0, 0.05) is 18.4 Å². The number of nitrogens with one attached hydrogen (secondary N) is 1. The first kappa shape index (κ1) is 14.4. The molecule has 1 aromatic heterocycles. The highest BCUT2D eigenvalue weighted by atomic mass is 32.1. The fourth-order valence-corrected chi connectivity index (χ4v) is 2.98. The minimum Gasteiger partial charge on any atom is -0.302 e. The molecule has 0 radical (unpaired) electrons. The number of carbonyl (C=O) groups excluding carboxylic acids is 2. The Labute approximate surface area is 131 Å². The molecule has 4 nitrogen and oxygen atoms in total. The van der Waals surface area contributed by atoms with Gasteiger partial charge in [0.2, 0.25) is 5.91 Å². The summed E-state index contributed by atoms with van der Waals surface area (Å²) in [6, 6.07) is 16.7. The smallest absolute Gasteiger partial charge is 0.226 e. The van der Waals surface area contributed by atoms with E-state index in [4.69, 9.17) is 0 Å². The Hall–Kier alpha value is -2.53. The Kier molecular flexibility index (Phi) is 4.25. The second kappa shape index (κ2) is 6.49. The molecule has 5 heteroatoms. The number of thiazole rings is 1. The summed E-state index contributed by atoms with van der Waals surface area (Å²) < 4.78 is 1.03. The molecule has 1 amide bonds. The molecule has 0 unspecified atom stereocenters. The monoisotopic (exact) mass is 310 g/mol. The molecular formula is C17H14N2O2S. The summed E-state index contributed by atoms with van der Waals surface area (Å²) in [5.41, 5.74) is 1.50. The van der Waals surface area contributed by atoms with Gasteiger partial charge < -0.3 is 5.32 Å². The van der Waals surface area contributed by atoms with E-state index in [0.29, 0.717) is 10.7 Å². The lowest BCUT2D eigenvalue weighted by Crippen LogP contribution is -2.13. The zero-order chi connectivity index (χ0) is 15.4. The third kappa shape index (κ3) is 3.38. The highest BCUT2D eigenvalue weighted by Gasteiger charge is 2.11. The summed E-state index contributed by atoms with van der Waals surface area (Å²) in [4.78, 5) is 28.2. The molecule has 22 heavy (non-hydrogen) atoms. The number of hydrogen-bond donors (Lipinski definition) is 1. The SMILES string of the molecule is O=C(CCC(=O)c1ccccc1)Nc1nc2ccccc2s1. The van der Waals surface area contributed by atoms with E-state index < -0.39 is 0 Å². The van der Waals surface area contributed by atoms with Crippen LogP contribution in [0.25, 0.3) is 10.2 Å². The number of hydrogen-bond acceptors (Lipinski definition) is 4. The highest BCUT2D eigenvalue weighted by Crippen LogP contribution is 2.25. The maximum atomic E-state index is 11.9. The standard InChI is InChI=1S/C17H14N2O2S/c20-14(12-6-2-1-3-7-12)10-11-16(21)19-17-18-13-8-4-5-9-15(13)22-17/h1-9H,10-11H2,(H,18,19,21). The van der Waals surface area contributed by atoms with Crippen molar-refractivity contribution in [2.75, 3.05) is 5.32 Å². The molecule has 1 N–H and O–H groups in total. The van der Waals surface area contributed by atoms with Crippen LogP contribution in [0, 0.1) is 0 Å². The van der Waals surface area contributed by atoms with Crippen molar-refractivity contribution in [3.8, 4) is 0 Å². The summed E-state index contributed by atoms with van der Waals surface area (Å²) >= 11 is 1.43. The topological polar surface area (TPSA) is 59.1 Å². The average molecular weight is 310 g/mol. The maximum absolute atomic E-state index is 11.9. The molecule has 0 spiro atoms. The Morgan fingerprint density at radius 2 is 1.68 bits per heavy atom. The van der Waals surface area contributed by atoms with Gasteiger partial charge in [0.15, 0.2) is 10.9 Å². The number of nitrogens with zero attached hydrogens (tertiary/aromatic N) is 1. The third-order valence-corrected chi connectivity index (χ3v) is 4.17. The van der Waals surface area contributed by atoms with Crippen molar-refractivity contribution in [3.05, 3.63) is 60.2 Å². The lowest BCUT2D eigenvalue weighted by atomic mass is 10.1.